The zero-order valence-electron chi connectivity index (χ0n) is 9.24. The van der Waals surface area contributed by atoms with Crippen molar-refractivity contribution < 1.29 is 5.11 Å². The maximum atomic E-state index is 9.57. The highest BCUT2D eigenvalue weighted by molar-refractivity contribution is 5.71. The summed E-state index contributed by atoms with van der Waals surface area (Å²) in [6, 6.07) is 10.3. The first-order valence-electron chi connectivity index (χ1n) is 5.22. The molecule has 0 aliphatic heterocycles. The van der Waals surface area contributed by atoms with Crippen molar-refractivity contribution >= 4 is 5.57 Å². The van der Waals surface area contributed by atoms with Crippen LogP contribution in [-0.4, -0.2) is 11.2 Å². The molecule has 1 heteroatoms. The molecular formula is C14H18O. The van der Waals surface area contributed by atoms with Gasteiger partial charge in [-0.15, -0.1) is 13.2 Å². The summed E-state index contributed by atoms with van der Waals surface area (Å²) < 4.78 is 0. The molecule has 0 radical (unpaired) electrons. The molecule has 1 aliphatic carbocycles. The van der Waals surface area contributed by atoms with Crippen LogP contribution in [0.5, 0.6) is 0 Å². The fraction of sp³-hybridized carbons (Fsp3) is 0.286. The second kappa shape index (κ2) is 5.52. The lowest BCUT2D eigenvalue weighted by Gasteiger charge is -2.04. The Morgan fingerprint density at radius 3 is 2.27 bits per heavy atom. The standard InChI is InChI=1S/C12H14O.C2H4/c1-9-11(7-8-12(9)13)10-5-3-2-4-6-10;1-2/h2-6,12-13H,7-8H2,1H3;1-2H2. The van der Waals surface area contributed by atoms with Crippen LogP contribution in [-0.2, 0) is 0 Å². The highest BCUT2D eigenvalue weighted by Gasteiger charge is 2.20. The molecule has 2 rings (SSSR count). The minimum Gasteiger partial charge on any atom is -0.389 e. The van der Waals surface area contributed by atoms with Crippen molar-refractivity contribution in [3.05, 3.63) is 54.6 Å². The van der Waals surface area contributed by atoms with Gasteiger partial charge in [0.1, 0.15) is 0 Å². The summed E-state index contributed by atoms with van der Waals surface area (Å²) in [5, 5.41) is 9.57. The number of allylic oxidation sites excluding steroid dienone is 1. The molecule has 1 atom stereocenters. The number of benzene rings is 1. The summed E-state index contributed by atoms with van der Waals surface area (Å²) in [6.07, 6.45) is 1.68. The van der Waals surface area contributed by atoms with Crippen LogP contribution in [0.4, 0.5) is 0 Å². The van der Waals surface area contributed by atoms with Gasteiger partial charge in [-0.25, -0.2) is 0 Å². The predicted octanol–water partition coefficient (Wildman–Crippen LogP) is 3.42. The first kappa shape index (κ1) is 11.7. The molecule has 1 aromatic rings. The molecule has 0 amide bonds. The summed E-state index contributed by atoms with van der Waals surface area (Å²) in [6.45, 7) is 8.03. The van der Waals surface area contributed by atoms with Gasteiger partial charge in [0, 0.05) is 0 Å². The Bertz CT molecular complexity index is 338. The lowest BCUT2D eigenvalue weighted by atomic mass is 10.0. The Labute approximate surface area is 91.8 Å². The summed E-state index contributed by atoms with van der Waals surface area (Å²) in [4.78, 5) is 0. The van der Waals surface area contributed by atoms with Crippen LogP contribution >= 0.6 is 0 Å². The van der Waals surface area contributed by atoms with Crippen molar-refractivity contribution in [1.82, 2.24) is 0 Å². The summed E-state index contributed by atoms with van der Waals surface area (Å²) in [7, 11) is 0. The van der Waals surface area contributed by atoms with Crippen LogP contribution in [0.15, 0.2) is 49.1 Å². The van der Waals surface area contributed by atoms with E-state index in [1.54, 1.807) is 0 Å². The highest BCUT2D eigenvalue weighted by atomic mass is 16.3. The molecule has 0 aromatic heterocycles. The SMILES string of the molecule is C=C.CC1=C(c2ccccc2)CCC1O. The first-order chi connectivity index (χ1) is 7.29. The van der Waals surface area contributed by atoms with E-state index in [1.807, 2.05) is 25.1 Å². The van der Waals surface area contributed by atoms with Gasteiger partial charge in [0.25, 0.3) is 0 Å². The van der Waals surface area contributed by atoms with Crippen molar-refractivity contribution in [3.63, 3.8) is 0 Å². The lowest BCUT2D eigenvalue weighted by Crippen LogP contribution is -2.00. The van der Waals surface area contributed by atoms with E-state index in [4.69, 9.17) is 0 Å². The monoisotopic (exact) mass is 202 g/mol. The van der Waals surface area contributed by atoms with Gasteiger partial charge >= 0.3 is 0 Å². The summed E-state index contributed by atoms with van der Waals surface area (Å²) >= 11 is 0. The van der Waals surface area contributed by atoms with Gasteiger partial charge < -0.3 is 5.11 Å². The fourth-order valence-electron chi connectivity index (χ4n) is 1.91. The van der Waals surface area contributed by atoms with Crippen LogP contribution in [0, 0.1) is 0 Å². The van der Waals surface area contributed by atoms with Crippen LogP contribution in [0.25, 0.3) is 5.57 Å². The van der Waals surface area contributed by atoms with Crippen molar-refractivity contribution in [1.29, 1.82) is 0 Å². The van der Waals surface area contributed by atoms with E-state index in [1.165, 1.54) is 11.1 Å². The fourth-order valence-corrected chi connectivity index (χ4v) is 1.91. The van der Waals surface area contributed by atoms with E-state index < -0.39 is 0 Å². The highest BCUT2D eigenvalue weighted by Crippen LogP contribution is 2.33. The molecule has 15 heavy (non-hydrogen) atoms. The van der Waals surface area contributed by atoms with Gasteiger partial charge in [-0.1, -0.05) is 30.3 Å². The zero-order valence-corrected chi connectivity index (χ0v) is 9.24. The normalized spacial score (nSPS) is 19.7. The molecule has 80 valence electrons. The molecule has 1 nitrogen and oxygen atoms in total. The minimum absolute atomic E-state index is 0.213. The number of hydrogen-bond acceptors (Lipinski definition) is 1. The first-order valence-corrected chi connectivity index (χ1v) is 5.22. The Hall–Kier alpha value is -1.34. The molecule has 0 bridgehead atoms. The molecule has 1 unspecified atom stereocenters. The number of rotatable bonds is 1. The average Bonchev–Trinajstić information content (AvgIpc) is 2.64. The summed E-state index contributed by atoms with van der Waals surface area (Å²) in [5.74, 6) is 0. The molecule has 1 aromatic carbocycles. The largest absolute Gasteiger partial charge is 0.389 e. The van der Waals surface area contributed by atoms with Crippen molar-refractivity contribution in [2.75, 3.05) is 0 Å². The van der Waals surface area contributed by atoms with E-state index in [9.17, 15) is 5.11 Å². The van der Waals surface area contributed by atoms with E-state index in [2.05, 4.69) is 25.3 Å². The maximum absolute atomic E-state index is 9.57. The number of aliphatic hydroxyl groups is 1. The molecular weight excluding hydrogens is 184 g/mol. The second-order valence-electron chi connectivity index (χ2n) is 3.58. The quantitative estimate of drug-likeness (QED) is 0.692. The van der Waals surface area contributed by atoms with Crippen molar-refractivity contribution in [2.24, 2.45) is 0 Å². The third kappa shape index (κ3) is 2.57. The van der Waals surface area contributed by atoms with E-state index >= 15 is 0 Å². The molecule has 0 saturated heterocycles. The Kier molecular flexibility index (Phi) is 4.32. The third-order valence-electron chi connectivity index (χ3n) is 2.77. The number of aliphatic hydroxyl groups excluding tert-OH is 1. The van der Waals surface area contributed by atoms with Gasteiger partial charge in [-0.2, -0.15) is 0 Å². The van der Waals surface area contributed by atoms with Gasteiger partial charge in [-0.05, 0) is 36.5 Å². The molecule has 0 saturated carbocycles. The molecule has 0 fully saturated rings. The zero-order chi connectivity index (χ0) is 11.3. The molecule has 1 aliphatic rings. The van der Waals surface area contributed by atoms with Gasteiger partial charge in [-0.3, -0.25) is 0 Å². The Morgan fingerprint density at radius 2 is 1.80 bits per heavy atom. The second-order valence-corrected chi connectivity index (χ2v) is 3.58. The van der Waals surface area contributed by atoms with Crippen molar-refractivity contribution in [2.45, 2.75) is 25.9 Å². The van der Waals surface area contributed by atoms with Gasteiger partial charge in [0.05, 0.1) is 6.10 Å². The van der Waals surface area contributed by atoms with Crippen LogP contribution < -0.4 is 0 Å². The van der Waals surface area contributed by atoms with E-state index in [0.29, 0.717) is 0 Å². The minimum atomic E-state index is -0.213. The average molecular weight is 202 g/mol. The van der Waals surface area contributed by atoms with Crippen LogP contribution in [0.1, 0.15) is 25.3 Å². The van der Waals surface area contributed by atoms with Gasteiger partial charge in [0.2, 0.25) is 0 Å². The number of hydrogen-bond donors (Lipinski definition) is 1. The van der Waals surface area contributed by atoms with Gasteiger partial charge in [0.15, 0.2) is 0 Å². The molecule has 0 heterocycles. The maximum Gasteiger partial charge on any atom is 0.0756 e. The lowest BCUT2D eigenvalue weighted by molar-refractivity contribution is 0.212. The van der Waals surface area contributed by atoms with Crippen LogP contribution in [0.2, 0.25) is 0 Å². The predicted molar refractivity (Wildman–Crippen MR) is 65.5 cm³/mol. The topological polar surface area (TPSA) is 20.2 Å². The smallest absolute Gasteiger partial charge is 0.0756 e. The van der Waals surface area contributed by atoms with Crippen molar-refractivity contribution in [3.8, 4) is 0 Å². The summed E-state index contributed by atoms with van der Waals surface area (Å²) in [5.41, 5.74) is 3.73. The molecule has 0 spiro atoms. The Balaban J connectivity index is 0.000000531. The molecule has 1 N–H and O–H groups in total. The van der Waals surface area contributed by atoms with Crippen LogP contribution in [0.3, 0.4) is 0 Å². The van der Waals surface area contributed by atoms with E-state index in [0.717, 1.165) is 18.4 Å². The Morgan fingerprint density at radius 1 is 1.20 bits per heavy atom. The third-order valence-corrected chi connectivity index (χ3v) is 2.77. The van der Waals surface area contributed by atoms with E-state index in [-0.39, 0.29) is 6.10 Å².